The summed E-state index contributed by atoms with van der Waals surface area (Å²) < 4.78 is 5.75. The van der Waals surface area contributed by atoms with Gasteiger partial charge in [0.1, 0.15) is 5.75 Å². The predicted molar refractivity (Wildman–Crippen MR) is 114 cm³/mol. The summed E-state index contributed by atoms with van der Waals surface area (Å²) in [5.41, 5.74) is 4.87. The molecular formula is C25H23NO3. The SMILES string of the molecule is Cc1cc(C)cc(N2C[C@H](C(=O)Oc3ccccc3-c3ccccc3)CC2=O)c1. The molecule has 0 spiro atoms. The van der Waals surface area contributed by atoms with Crippen LogP contribution < -0.4 is 9.64 Å². The van der Waals surface area contributed by atoms with Gasteiger partial charge in [0.05, 0.1) is 5.92 Å². The van der Waals surface area contributed by atoms with Crippen molar-refractivity contribution < 1.29 is 14.3 Å². The fourth-order valence-electron chi connectivity index (χ4n) is 3.83. The Kier molecular flexibility index (Phi) is 5.17. The Morgan fingerprint density at radius 2 is 1.59 bits per heavy atom. The van der Waals surface area contributed by atoms with Crippen LogP contribution in [0.25, 0.3) is 11.1 Å². The van der Waals surface area contributed by atoms with Gasteiger partial charge >= 0.3 is 5.97 Å². The highest BCUT2D eigenvalue weighted by atomic mass is 16.5. The molecule has 1 amide bonds. The Morgan fingerprint density at radius 1 is 0.931 bits per heavy atom. The molecule has 3 aromatic carbocycles. The highest BCUT2D eigenvalue weighted by molar-refractivity contribution is 6.00. The molecule has 0 bridgehead atoms. The van der Waals surface area contributed by atoms with E-state index in [1.54, 1.807) is 11.0 Å². The summed E-state index contributed by atoms with van der Waals surface area (Å²) >= 11 is 0. The van der Waals surface area contributed by atoms with Crippen molar-refractivity contribution in [2.45, 2.75) is 20.3 Å². The first-order valence-electron chi connectivity index (χ1n) is 9.76. The van der Waals surface area contributed by atoms with Gasteiger partial charge in [0, 0.05) is 24.2 Å². The van der Waals surface area contributed by atoms with E-state index in [0.717, 1.165) is 27.9 Å². The zero-order chi connectivity index (χ0) is 20.4. The monoisotopic (exact) mass is 385 g/mol. The van der Waals surface area contributed by atoms with Crippen molar-refractivity contribution in [2.24, 2.45) is 5.92 Å². The third-order valence-electron chi connectivity index (χ3n) is 5.16. The number of para-hydroxylation sites is 1. The molecule has 3 aromatic rings. The third-order valence-corrected chi connectivity index (χ3v) is 5.16. The van der Waals surface area contributed by atoms with Crippen molar-refractivity contribution in [3.05, 3.63) is 83.9 Å². The molecular weight excluding hydrogens is 362 g/mol. The summed E-state index contributed by atoms with van der Waals surface area (Å²) in [6.07, 6.45) is 0.166. The number of anilines is 1. The highest BCUT2D eigenvalue weighted by Gasteiger charge is 2.36. The first-order valence-corrected chi connectivity index (χ1v) is 9.76. The van der Waals surface area contributed by atoms with Gasteiger partial charge in [0.25, 0.3) is 0 Å². The number of esters is 1. The lowest BCUT2D eigenvalue weighted by molar-refractivity contribution is -0.139. The molecule has 1 heterocycles. The lowest BCUT2D eigenvalue weighted by Crippen LogP contribution is -2.27. The van der Waals surface area contributed by atoms with E-state index in [0.29, 0.717) is 12.3 Å². The van der Waals surface area contributed by atoms with E-state index in [-0.39, 0.29) is 18.3 Å². The van der Waals surface area contributed by atoms with E-state index < -0.39 is 5.92 Å². The van der Waals surface area contributed by atoms with E-state index in [2.05, 4.69) is 6.07 Å². The molecule has 0 N–H and O–H groups in total. The molecule has 29 heavy (non-hydrogen) atoms. The van der Waals surface area contributed by atoms with Crippen molar-refractivity contribution in [3.8, 4) is 16.9 Å². The van der Waals surface area contributed by atoms with Crippen LogP contribution in [0.5, 0.6) is 5.75 Å². The van der Waals surface area contributed by atoms with Gasteiger partial charge < -0.3 is 9.64 Å². The number of hydrogen-bond donors (Lipinski definition) is 0. The van der Waals surface area contributed by atoms with E-state index in [9.17, 15) is 9.59 Å². The van der Waals surface area contributed by atoms with Crippen LogP contribution in [0.15, 0.2) is 72.8 Å². The van der Waals surface area contributed by atoms with Crippen molar-refractivity contribution in [2.75, 3.05) is 11.4 Å². The van der Waals surface area contributed by atoms with E-state index in [4.69, 9.17) is 4.74 Å². The zero-order valence-corrected chi connectivity index (χ0v) is 16.6. The van der Waals surface area contributed by atoms with Gasteiger partial charge in [-0.1, -0.05) is 54.6 Å². The molecule has 146 valence electrons. The standard InChI is InChI=1S/C25H23NO3/c1-17-12-18(2)14-21(13-17)26-16-20(15-24(26)27)25(28)29-23-11-7-6-10-22(23)19-8-4-3-5-9-19/h3-14,20H,15-16H2,1-2H3/t20-/m1/s1. The van der Waals surface area contributed by atoms with Gasteiger partial charge in [-0.25, -0.2) is 0 Å². The van der Waals surface area contributed by atoms with Crippen LogP contribution in [0, 0.1) is 19.8 Å². The van der Waals surface area contributed by atoms with Gasteiger partial charge in [-0.2, -0.15) is 0 Å². The number of aryl methyl sites for hydroxylation is 2. The van der Waals surface area contributed by atoms with Gasteiger partial charge in [0.2, 0.25) is 5.91 Å². The van der Waals surface area contributed by atoms with Crippen molar-refractivity contribution in [1.29, 1.82) is 0 Å². The van der Waals surface area contributed by atoms with Crippen LogP contribution in [0.3, 0.4) is 0 Å². The molecule has 0 aliphatic carbocycles. The topological polar surface area (TPSA) is 46.6 Å². The minimum atomic E-state index is -0.479. The van der Waals surface area contributed by atoms with Crippen molar-refractivity contribution in [1.82, 2.24) is 0 Å². The van der Waals surface area contributed by atoms with Gasteiger partial charge in [-0.15, -0.1) is 0 Å². The lowest BCUT2D eigenvalue weighted by atomic mass is 10.0. The van der Waals surface area contributed by atoms with Crippen LogP contribution in [0.2, 0.25) is 0 Å². The molecule has 4 nitrogen and oxygen atoms in total. The Hall–Kier alpha value is -3.40. The van der Waals surface area contributed by atoms with Crippen LogP contribution in [-0.4, -0.2) is 18.4 Å². The quantitative estimate of drug-likeness (QED) is 0.473. The maximum atomic E-state index is 12.9. The van der Waals surface area contributed by atoms with E-state index in [1.165, 1.54) is 0 Å². The summed E-state index contributed by atoms with van der Waals surface area (Å²) in [4.78, 5) is 27.1. The number of carbonyl (C=O) groups excluding carboxylic acids is 2. The smallest absolute Gasteiger partial charge is 0.316 e. The maximum Gasteiger partial charge on any atom is 0.316 e. The second-order valence-electron chi connectivity index (χ2n) is 7.53. The normalized spacial score (nSPS) is 16.1. The summed E-state index contributed by atoms with van der Waals surface area (Å²) in [6, 6.07) is 23.3. The summed E-state index contributed by atoms with van der Waals surface area (Å²) in [6.45, 7) is 4.35. The van der Waals surface area contributed by atoms with Crippen molar-refractivity contribution in [3.63, 3.8) is 0 Å². The molecule has 0 aromatic heterocycles. The number of hydrogen-bond acceptors (Lipinski definition) is 3. The molecule has 1 saturated heterocycles. The Labute approximate surface area is 170 Å². The van der Waals surface area contributed by atoms with Crippen LogP contribution in [0.1, 0.15) is 17.5 Å². The van der Waals surface area contributed by atoms with E-state index >= 15 is 0 Å². The zero-order valence-electron chi connectivity index (χ0n) is 16.6. The summed E-state index contributed by atoms with van der Waals surface area (Å²) in [7, 11) is 0. The molecule has 0 unspecified atom stereocenters. The molecule has 1 fully saturated rings. The Morgan fingerprint density at radius 3 is 2.31 bits per heavy atom. The predicted octanol–water partition coefficient (Wildman–Crippen LogP) is 4.93. The lowest BCUT2D eigenvalue weighted by Gasteiger charge is -2.18. The van der Waals surface area contributed by atoms with Gasteiger partial charge in [-0.3, -0.25) is 9.59 Å². The molecule has 4 rings (SSSR count). The number of nitrogens with zero attached hydrogens (tertiary/aromatic N) is 1. The molecule has 1 aliphatic heterocycles. The largest absolute Gasteiger partial charge is 0.426 e. The molecule has 0 radical (unpaired) electrons. The van der Waals surface area contributed by atoms with Gasteiger partial charge in [0.15, 0.2) is 0 Å². The number of benzene rings is 3. The average molecular weight is 385 g/mol. The minimum absolute atomic E-state index is 0.0479. The third kappa shape index (κ3) is 4.06. The van der Waals surface area contributed by atoms with Gasteiger partial charge in [-0.05, 0) is 48.7 Å². The molecule has 1 atom stereocenters. The fourth-order valence-corrected chi connectivity index (χ4v) is 3.83. The fraction of sp³-hybridized carbons (Fsp3) is 0.200. The Balaban J connectivity index is 1.53. The Bertz CT molecular complexity index is 1040. The van der Waals surface area contributed by atoms with Crippen LogP contribution in [0.4, 0.5) is 5.69 Å². The molecule has 1 aliphatic rings. The van der Waals surface area contributed by atoms with Crippen LogP contribution >= 0.6 is 0 Å². The first-order chi connectivity index (χ1) is 14.0. The number of amides is 1. The first kappa shape index (κ1) is 18.9. The maximum absolute atomic E-state index is 12.9. The summed E-state index contributed by atoms with van der Waals surface area (Å²) in [5, 5.41) is 0. The summed E-state index contributed by atoms with van der Waals surface area (Å²) in [5.74, 6) is -0.380. The average Bonchev–Trinajstić information content (AvgIpc) is 3.10. The molecule has 4 heteroatoms. The number of rotatable bonds is 4. The van der Waals surface area contributed by atoms with Crippen molar-refractivity contribution >= 4 is 17.6 Å². The highest BCUT2D eigenvalue weighted by Crippen LogP contribution is 2.32. The van der Waals surface area contributed by atoms with E-state index in [1.807, 2.05) is 74.5 Å². The second kappa shape index (κ2) is 7.92. The minimum Gasteiger partial charge on any atom is -0.426 e. The number of ether oxygens (including phenoxy) is 1. The van der Waals surface area contributed by atoms with Crippen LogP contribution in [-0.2, 0) is 9.59 Å². The number of carbonyl (C=O) groups is 2. The second-order valence-corrected chi connectivity index (χ2v) is 7.53. The molecule has 0 saturated carbocycles.